The largest absolute Gasteiger partial charge is 0.508 e. The number of rotatable bonds is 2. The highest BCUT2D eigenvalue weighted by Gasteiger charge is 2.28. The SMILES string of the molecule is COC(=O)c1cc(O)c(O)c(O)c1.OC1=C(O)C(O)C=C/C1=C1/CCCCC1c1ccc(O)cc1. The van der Waals surface area contributed by atoms with Gasteiger partial charge in [-0.3, -0.25) is 0 Å². The minimum atomic E-state index is -1.14. The predicted molar refractivity (Wildman–Crippen MR) is 127 cm³/mol. The third-order valence-electron chi connectivity index (χ3n) is 5.96. The van der Waals surface area contributed by atoms with Gasteiger partial charge in [-0.05, 0) is 55.2 Å². The van der Waals surface area contributed by atoms with Crippen molar-refractivity contribution < 1.29 is 45.3 Å². The van der Waals surface area contributed by atoms with Crippen molar-refractivity contribution in [3.63, 3.8) is 0 Å². The molecule has 2 aromatic rings. The fourth-order valence-electron chi connectivity index (χ4n) is 4.14. The Hall–Kier alpha value is -4.11. The molecule has 0 aromatic heterocycles. The molecular formula is C26H28O9. The van der Waals surface area contributed by atoms with Gasteiger partial charge < -0.3 is 40.5 Å². The number of aliphatic hydroxyl groups excluding tert-OH is 3. The van der Waals surface area contributed by atoms with Crippen molar-refractivity contribution >= 4 is 5.97 Å². The molecule has 0 radical (unpaired) electrons. The van der Waals surface area contributed by atoms with Crippen molar-refractivity contribution in [1.29, 1.82) is 0 Å². The molecule has 2 atom stereocenters. The van der Waals surface area contributed by atoms with E-state index >= 15 is 0 Å². The fourth-order valence-corrected chi connectivity index (χ4v) is 4.14. The number of carbonyl (C=O) groups excluding carboxylic acids is 1. The molecule has 2 aliphatic rings. The normalized spacial score (nSPS) is 21.8. The van der Waals surface area contributed by atoms with Gasteiger partial charge in [0, 0.05) is 11.5 Å². The van der Waals surface area contributed by atoms with Gasteiger partial charge in [0.1, 0.15) is 11.9 Å². The van der Waals surface area contributed by atoms with E-state index in [4.69, 9.17) is 15.3 Å². The minimum Gasteiger partial charge on any atom is -0.508 e. The molecule has 35 heavy (non-hydrogen) atoms. The number of methoxy groups -OCH3 is 1. The molecule has 1 fully saturated rings. The number of benzene rings is 2. The zero-order valence-electron chi connectivity index (χ0n) is 19.0. The van der Waals surface area contributed by atoms with Crippen LogP contribution in [0.15, 0.2) is 71.2 Å². The predicted octanol–water partition coefficient (Wildman–Crippen LogP) is 4.19. The summed E-state index contributed by atoms with van der Waals surface area (Å²) in [6.45, 7) is 0. The molecule has 0 aliphatic heterocycles. The Balaban J connectivity index is 0.000000225. The van der Waals surface area contributed by atoms with E-state index in [1.54, 1.807) is 18.2 Å². The van der Waals surface area contributed by atoms with Crippen LogP contribution < -0.4 is 0 Å². The maximum absolute atomic E-state index is 10.9. The summed E-state index contributed by atoms with van der Waals surface area (Å²) in [7, 11) is 1.17. The molecule has 1 saturated carbocycles. The number of aromatic hydroxyl groups is 4. The minimum absolute atomic E-state index is 0.0321. The zero-order chi connectivity index (χ0) is 25.7. The van der Waals surface area contributed by atoms with Crippen LogP contribution in [0.1, 0.15) is 47.5 Å². The van der Waals surface area contributed by atoms with Crippen molar-refractivity contribution in [2.24, 2.45) is 0 Å². The molecule has 0 amide bonds. The third-order valence-corrected chi connectivity index (χ3v) is 5.96. The topological polar surface area (TPSA) is 168 Å². The van der Waals surface area contributed by atoms with E-state index in [2.05, 4.69) is 4.74 Å². The van der Waals surface area contributed by atoms with Crippen molar-refractivity contribution in [2.45, 2.75) is 37.7 Å². The molecule has 4 rings (SSSR count). The Labute approximate surface area is 201 Å². The Bertz CT molecular complexity index is 1150. The molecule has 9 heteroatoms. The molecule has 186 valence electrons. The second kappa shape index (κ2) is 10.9. The molecule has 0 heterocycles. The monoisotopic (exact) mass is 484 g/mol. The van der Waals surface area contributed by atoms with Crippen LogP contribution in [0, 0.1) is 0 Å². The molecular weight excluding hydrogens is 456 g/mol. The van der Waals surface area contributed by atoms with E-state index in [0.29, 0.717) is 5.57 Å². The summed E-state index contributed by atoms with van der Waals surface area (Å²) in [6.07, 6.45) is 5.99. The maximum Gasteiger partial charge on any atom is 0.338 e. The third kappa shape index (κ3) is 5.70. The lowest BCUT2D eigenvalue weighted by Gasteiger charge is -2.29. The number of hydrogen-bond acceptors (Lipinski definition) is 9. The molecule has 9 nitrogen and oxygen atoms in total. The Kier molecular flexibility index (Phi) is 7.93. The van der Waals surface area contributed by atoms with Gasteiger partial charge in [0.05, 0.1) is 12.7 Å². The lowest BCUT2D eigenvalue weighted by Crippen LogP contribution is -2.17. The van der Waals surface area contributed by atoms with Gasteiger partial charge in [-0.25, -0.2) is 4.79 Å². The number of aliphatic hydroxyl groups is 3. The summed E-state index contributed by atoms with van der Waals surface area (Å²) in [5.41, 5.74) is 2.74. The highest BCUT2D eigenvalue weighted by atomic mass is 16.5. The van der Waals surface area contributed by atoms with Gasteiger partial charge in [0.25, 0.3) is 0 Å². The van der Waals surface area contributed by atoms with Crippen LogP contribution in [0.2, 0.25) is 0 Å². The summed E-state index contributed by atoms with van der Waals surface area (Å²) in [5, 5.41) is 66.0. The smallest absolute Gasteiger partial charge is 0.338 e. The van der Waals surface area contributed by atoms with Crippen molar-refractivity contribution in [1.82, 2.24) is 0 Å². The number of allylic oxidation sites excluding steroid dienone is 2. The van der Waals surface area contributed by atoms with Gasteiger partial charge in [-0.15, -0.1) is 0 Å². The van der Waals surface area contributed by atoms with E-state index in [1.807, 2.05) is 12.1 Å². The molecule has 0 bridgehead atoms. The van der Waals surface area contributed by atoms with E-state index in [9.17, 15) is 25.2 Å². The summed E-state index contributed by atoms with van der Waals surface area (Å²) >= 11 is 0. The van der Waals surface area contributed by atoms with E-state index in [1.165, 1.54) is 13.2 Å². The summed E-state index contributed by atoms with van der Waals surface area (Å²) in [5.74, 6) is -2.73. The quantitative estimate of drug-likeness (QED) is 0.244. The van der Waals surface area contributed by atoms with Crippen molar-refractivity contribution in [3.05, 3.63) is 82.3 Å². The second-order valence-corrected chi connectivity index (χ2v) is 8.22. The maximum atomic E-state index is 10.9. The summed E-state index contributed by atoms with van der Waals surface area (Å²) in [6, 6.07) is 9.13. The lowest BCUT2D eigenvalue weighted by atomic mass is 9.76. The van der Waals surface area contributed by atoms with Gasteiger partial charge in [-0.2, -0.15) is 0 Å². The molecule has 2 aliphatic carbocycles. The Morgan fingerprint density at radius 3 is 2.17 bits per heavy atom. The molecule has 0 spiro atoms. The molecule has 2 aromatic carbocycles. The van der Waals surface area contributed by atoms with E-state index < -0.39 is 29.3 Å². The fraction of sp³-hybridized carbons (Fsp3) is 0.269. The number of carbonyl (C=O) groups is 1. The average molecular weight is 485 g/mol. The first-order valence-corrected chi connectivity index (χ1v) is 11.0. The van der Waals surface area contributed by atoms with Gasteiger partial charge in [0.2, 0.25) is 0 Å². The highest BCUT2D eigenvalue weighted by Crippen LogP contribution is 2.42. The first-order valence-electron chi connectivity index (χ1n) is 11.0. The molecule has 0 saturated heterocycles. The van der Waals surface area contributed by atoms with Crippen LogP contribution in [0.4, 0.5) is 0 Å². The molecule has 7 N–H and O–H groups in total. The zero-order valence-corrected chi connectivity index (χ0v) is 19.0. The van der Waals surface area contributed by atoms with Gasteiger partial charge >= 0.3 is 5.97 Å². The van der Waals surface area contributed by atoms with Gasteiger partial charge in [0.15, 0.2) is 28.8 Å². The van der Waals surface area contributed by atoms with Crippen LogP contribution in [0.5, 0.6) is 23.0 Å². The van der Waals surface area contributed by atoms with Crippen LogP contribution >= 0.6 is 0 Å². The van der Waals surface area contributed by atoms with Crippen LogP contribution in [-0.2, 0) is 4.74 Å². The highest BCUT2D eigenvalue weighted by molar-refractivity contribution is 5.90. The van der Waals surface area contributed by atoms with Crippen LogP contribution in [-0.4, -0.2) is 54.9 Å². The second-order valence-electron chi connectivity index (χ2n) is 8.22. The van der Waals surface area contributed by atoms with Gasteiger partial charge in [-0.1, -0.05) is 30.2 Å². The Morgan fingerprint density at radius 1 is 0.943 bits per heavy atom. The molecule has 2 unspecified atom stereocenters. The summed E-state index contributed by atoms with van der Waals surface area (Å²) < 4.78 is 4.34. The van der Waals surface area contributed by atoms with E-state index in [0.717, 1.165) is 49.0 Å². The van der Waals surface area contributed by atoms with Crippen LogP contribution in [0.25, 0.3) is 0 Å². The number of phenols is 4. The van der Waals surface area contributed by atoms with Crippen LogP contribution in [0.3, 0.4) is 0 Å². The number of esters is 1. The van der Waals surface area contributed by atoms with E-state index in [-0.39, 0.29) is 28.7 Å². The number of hydrogen-bond donors (Lipinski definition) is 7. The average Bonchev–Trinajstić information content (AvgIpc) is 2.86. The number of phenolic OH excluding ortho intramolecular Hbond substituents is 4. The van der Waals surface area contributed by atoms with Crippen molar-refractivity contribution in [2.75, 3.05) is 7.11 Å². The first-order chi connectivity index (χ1) is 16.6. The number of ether oxygens (including phenoxy) is 1. The lowest BCUT2D eigenvalue weighted by molar-refractivity contribution is 0.0599. The summed E-state index contributed by atoms with van der Waals surface area (Å²) in [4.78, 5) is 10.9. The standard InChI is InChI=1S/C18H20O4.C8H8O5/c19-12-7-5-11(6-8-12)13-3-1-2-4-14(13)15-9-10-16(20)18(22)17(15)21;1-13-8(12)4-2-5(9)7(11)6(10)3-4/h5-10,13,16,19-22H,1-4H2;2-3,9-11H,1H3/b15-14+;. The van der Waals surface area contributed by atoms with Crippen molar-refractivity contribution in [3.8, 4) is 23.0 Å². The Morgan fingerprint density at radius 2 is 1.57 bits per heavy atom. The first kappa shape index (κ1) is 25.5.